The Labute approximate surface area is 55.6 Å². The predicted octanol–water partition coefficient (Wildman–Crippen LogP) is 0.716. The van der Waals surface area contributed by atoms with E-state index in [2.05, 4.69) is 12.2 Å². The highest BCUT2D eigenvalue weighted by atomic mass is 16.1. The van der Waals surface area contributed by atoms with Gasteiger partial charge in [0.1, 0.15) is 5.78 Å². The van der Waals surface area contributed by atoms with Gasteiger partial charge in [0.05, 0.1) is 6.04 Å². The van der Waals surface area contributed by atoms with Gasteiger partial charge in [0.2, 0.25) is 0 Å². The highest BCUT2D eigenvalue weighted by Gasteiger charge is 2.20. The molecule has 1 heterocycles. The summed E-state index contributed by atoms with van der Waals surface area (Å²) in [5, 5.41) is 3.18. The van der Waals surface area contributed by atoms with Gasteiger partial charge < -0.3 is 5.32 Å². The largest absolute Gasteiger partial charge is 0.305 e. The molecule has 9 heavy (non-hydrogen) atoms. The molecule has 0 radical (unpaired) electrons. The summed E-state index contributed by atoms with van der Waals surface area (Å²) in [4.78, 5) is 10.9. The summed E-state index contributed by atoms with van der Waals surface area (Å²) < 4.78 is 0. The molecule has 0 bridgehead atoms. The summed E-state index contributed by atoms with van der Waals surface area (Å²) in [6.07, 6.45) is 1.76. The first-order valence-electron chi connectivity index (χ1n) is 3.49. The lowest BCUT2D eigenvalue weighted by atomic mass is 10.00. The summed E-state index contributed by atoms with van der Waals surface area (Å²) in [7, 11) is 0. The number of nitrogens with one attached hydrogen (secondary N) is 1. The van der Waals surface area contributed by atoms with E-state index in [-0.39, 0.29) is 6.04 Å². The summed E-state index contributed by atoms with van der Waals surface area (Å²) in [6.45, 7) is 4.04. The van der Waals surface area contributed by atoms with E-state index in [0.29, 0.717) is 11.8 Å². The number of carbonyl (C=O) groups excluding carboxylic acids is 1. The van der Waals surface area contributed by atoms with E-state index in [4.69, 9.17) is 0 Å². The Morgan fingerprint density at radius 2 is 2.22 bits per heavy atom. The van der Waals surface area contributed by atoms with Gasteiger partial charge in [-0.1, -0.05) is 0 Å². The van der Waals surface area contributed by atoms with Gasteiger partial charge in [0.15, 0.2) is 0 Å². The first kappa shape index (κ1) is 6.75. The second kappa shape index (κ2) is 2.48. The normalized spacial score (nSPS) is 36.9. The number of carbonyl (C=O) groups is 1. The standard InChI is InChI=1S/C7H13NO/c1-5-3-4-7(9)6(2)8-5/h5-6,8H,3-4H2,1-2H3/t5-,6+/m0/s1. The molecule has 0 saturated carbocycles. The zero-order valence-corrected chi connectivity index (χ0v) is 5.98. The monoisotopic (exact) mass is 127 g/mol. The Kier molecular flexibility index (Phi) is 1.86. The third-order valence-electron chi connectivity index (χ3n) is 1.84. The van der Waals surface area contributed by atoms with Crippen molar-refractivity contribution in [1.82, 2.24) is 5.32 Å². The summed E-state index contributed by atoms with van der Waals surface area (Å²) >= 11 is 0. The molecule has 1 aliphatic heterocycles. The van der Waals surface area contributed by atoms with Crippen LogP contribution in [0, 0.1) is 0 Å². The van der Waals surface area contributed by atoms with Crippen LogP contribution in [0.15, 0.2) is 0 Å². The Morgan fingerprint density at radius 3 is 2.67 bits per heavy atom. The van der Waals surface area contributed by atoms with Crippen molar-refractivity contribution in [3.05, 3.63) is 0 Å². The van der Waals surface area contributed by atoms with Crippen molar-refractivity contribution in [2.45, 2.75) is 38.8 Å². The first-order chi connectivity index (χ1) is 4.20. The molecule has 0 aromatic heterocycles. The van der Waals surface area contributed by atoms with Crippen molar-refractivity contribution in [2.75, 3.05) is 0 Å². The highest BCUT2D eigenvalue weighted by Crippen LogP contribution is 2.07. The molecule has 52 valence electrons. The smallest absolute Gasteiger partial charge is 0.149 e. The maximum atomic E-state index is 10.9. The summed E-state index contributed by atoms with van der Waals surface area (Å²) in [6, 6.07) is 0.617. The molecule has 1 rings (SSSR count). The Morgan fingerprint density at radius 1 is 1.56 bits per heavy atom. The van der Waals surface area contributed by atoms with Crippen molar-refractivity contribution in [3.63, 3.8) is 0 Å². The maximum absolute atomic E-state index is 10.9. The van der Waals surface area contributed by atoms with Crippen molar-refractivity contribution in [2.24, 2.45) is 0 Å². The van der Waals surface area contributed by atoms with Gasteiger partial charge >= 0.3 is 0 Å². The van der Waals surface area contributed by atoms with E-state index in [9.17, 15) is 4.79 Å². The lowest BCUT2D eigenvalue weighted by molar-refractivity contribution is -0.122. The van der Waals surface area contributed by atoms with Crippen LogP contribution in [0.2, 0.25) is 0 Å². The fraction of sp³-hybridized carbons (Fsp3) is 0.857. The Hall–Kier alpha value is -0.370. The molecule has 1 saturated heterocycles. The minimum Gasteiger partial charge on any atom is -0.305 e. The molecular formula is C7H13NO. The molecular weight excluding hydrogens is 114 g/mol. The van der Waals surface area contributed by atoms with Gasteiger partial charge in [-0.3, -0.25) is 4.79 Å². The zero-order chi connectivity index (χ0) is 6.85. The molecule has 0 amide bonds. The quantitative estimate of drug-likeness (QED) is 0.519. The van der Waals surface area contributed by atoms with Gasteiger partial charge in [-0.2, -0.15) is 0 Å². The van der Waals surface area contributed by atoms with E-state index >= 15 is 0 Å². The molecule has 1 aliphatic rings. The molecule has 0 aliphatic carbocycles. The molecule has 0 unspecified atom stereocenters. The van der Waals surface area contributed by atoms with Crippen LogP contribution in [0.4, 0.5) is 0 Å². The SMILES string of the molecule is C[C@H]1CCC(=O)[C@@H](C)N1. The van der Waals surface area contributed by atoms with Crippen molar-refractivity contribution in [3.8, 4) is 0 Å². The number of ketones is 1. The van der Waals surface area contributed by atoms with Crippen LogP contribution in [0.1, 0.15) is 26.7 Å². The average molecular weight is 127 g/mol. The van der Waals surface area contributed by atoms with Crippen LogP contribution in [-0.2, 0) is 4.79 Å². The van der Waals surface area contributed by atoms with E-state index in [1.165, 1.54) is 0 Å². The van der Waals surface area contributed by atoms with Crippen LogP contribution in [0.25, 0.3) is 0 Å². The first-order valence-corrected chi connectivity index (χ1v) is 3.49. The molecule has 0 spiro atoms. The van der Waals surface area contributed by atoms with Crippen LogP contribution >= 0.6 is 0 Å². The molecule has 2 heteroatoms. The van der Waals surface area contributed by atoms with Gasteiger partial charge in [0.25, 0.3) is 0 Å². The molecule has 0 aromatic rings. The second-order valence-corrected chi connectivity index (χ2v) is 2.79. The summed E-state index contributed by atoms with van der Waals surface area (Å²) in [5.74, 6) is 0.355. The van der Waals surface area contributed by atoms with Crippen LogP contribution in [0.5, 0.6) is 0 Å². The summed E-state index contributed by atoms with van der Waals surface area (Å²) in [5.41, 5.74) is 0. The van der Waals surface area contributed by atoms with Crippen LogP contribution in [-0.4, -0.2) is 17.9 Å². The fourth-order valence-electron chi connectivity index (χ4n) is 1.18. The molecule has 1 fully saturated rings. The van der Waals surface area contributed by atoms with E-state index < -0.39 is 0 Å². The van der Waals surface area contributed by atoms with Gasteiger partial charge in [-0.15, -0.1) is 0 Å². The number of Topliss-reactive ketones (excluding diaryl/α,β-unsaturated/α-hetero) is 1. The van der Waals surface area contributed by atoms with Crippen molar-refractivity contribution in [1.29, 1.82) is 0 Å². The highest BCUT2D eigenvalue weighted by molar-refractivity contribution is 5.84. The maximum Gasteiger partial charge on any atom is 0.149 e. The number of piperidine rings is 1. The predicted molar refractivity (Wildman–Crippen MR) is 36.3 cm³/mol. The minimum absolute atomic E-state index is 0.0914. The van der Waals surface area contributed by atoms with Gasteiger partial charge in [-0.25, -0.2) is 0 Å². The lowest BCUT2D eigenvalue weighted by Crippen LogP contribution is -2.44. The number of rotatable bonds is 0. The average Bonchev–Trinajstić information content (AvgIpc) is 1.80. The van der Waals surface area contributed by atoms with E-state index in [1.807, 2.05) is 6.92 Å². The fourth-order valence-corrected chi connectivity index (χ4v) is 1.18. The number of hydrogen-bond acceptors (Lipinski definition) is 2. The van der Waals surface area contributed by atoms with Gasteiger partial charge in [0, 0.05) is 12.5 Å². The number of hydrogen-bond donors (Lipinski definition) is 1. The van der Waals surface area contributed by atoms with E-state index in [1.54, 1.807) is 0 Å². The van der Waals surface area contributed by atoms with E-state index in [0.717, 1.165) is 12.8 Å². The van der Waals surface area contributed by atoms with Crippen LogP contribution in [0.3, 0.4) is 0 Å². The molecule has 2 nitrogen and oxygen atoms in total. The second-order valence-electron chi connectivity index (χ2n) is 2.79. The lowest BCUT2D eigenvalue weighted by Gasteiger charge is -2.24. The Balaban J connectivity index is 2.44. The molecule has 0 aromatic carbocycles. The Bertz CT molecular complexity index is 122. The third kappa shape index (κ3) is 1.52. The minimum atomic E-state index is 0.0914. The van der Waals surface area contributed by atoms with Crippen molar-refractivity contribution < 1.29 is 4.79 Å². The zero-order valence-electron chi connectivity index (χ0n) is 5.98. The van der Waals surface area contributed by atoms with Crippen molar-refractivity contribution >= 4 is 5.78 Å². The topological polar surface area (TPSA) is 29.1 Å². The van der Waals surface area contributed by atoms with Crippen LogP contribution < -0.4 is 5.32 Å². The van der Waals surface area contributed by atoms with Gasteiger partial charge in [-0.05, 0) is 20.3 Å². The molecule has 2 atom stereocenters. The molecule has 1 N–H and O–H groups in total. The third-order valence-corrected chi connectivity index (χ3v) is 1.84.